The molecule has 0 amide bonds. The molecule has 13 aromatic rings. The number of benzene rings is 9. The summed E-state index contributed by atoms with van der Waals surface area (Å²) in [6, 6.07) is 76.5. The van der Waals surface area contributed by atoms with Gasteiger partial charge in [-0.15, -0.1) is 22.7 Å². The molecular formula is C58H35N3S2. The highest BCUT2D eigenvalue weighted by atomic mass is 32.1. The Morgan fingerprint density at radius 2 is 0.857 bits per heavy atom. The molecule has 0 bridgehead atoms. The van der Waals surface area contributed by atoms with Gasteiger partial charge in [0.1, 0.15) is 0 Å². The van der Waals surface area contributed by atoms with E-state index in [2.05, 4.69) is 193 Å². The molecule has 5 heteroatoms. The van der Waals surface area contributed by atoms with Gasteiger partial charge in [-0.05, 0) is 53.6 Å². The number of fused-ring (bicyclic) bond motifs is 11. The summed E-state index contributed by atoms with van der Waals surface area (Å²) in [6.07, 6.45) is 0. The highest BCUT2D eigenvalue weighted by molar-refractivity contribution is 7.30. The lowest BCUT2D eigenvalue weighted by Gasteiger charge is -2.21. The first-order chi connectivity index (χ1) is 31.2. The molecule has 294 valence electrons. The van der Waals surface area contributed by atoms with Crippen LogP contribution in [0.1, 0.15) is 0 Å². The molecule has 4 aromatic heterocycles. The van der Waals surface area contributed by atoms with Crippen molar-refractivity contribution in [3.63, 3.8) is 0 Å². The summed E-state index contributed by atoms with van der Waals surface area (Å²) in [4.78, 5) is 10.5. The molecule has 0 atom stereocenters. The fourth-order valence-electron chi connectivity index (χ4n) is 9.56. The highest BCUT2D eigenvalue weighted by Crippen LogP contribution is 2.50. The Morgan fingerprint density at radius 1 is 0.333 bits per heavy atom. The van der Waals surface area contributed by atoms with Crippen molar-refractivity contribution < 1.29 is 0 Å². The predicted octanol–water partition coefficient (Wildman–Crippen LogP) is 16.6. The first-order valence-corrected chi connectivity index (χ1v) is 22.9. The average molecular weight is 838 g/mol. The van der Waals surface area contributed by atoms with Gasteiger partial charge in [0.2, 0.25) is 0 Å². The van der Waals surface area contributed by atoms with Crippen LogP contribution >= 0.6 is 22.7 Å². The number of hydrogen-bond donors (Lipinski definition) is 0. The maximum atomic E-state index is 5.34. The molecule has 4 heterocycles. The van der Waals surface area contributed by atoms with Gasteiger partial charge in [0, 0.05) is 78.9 Å². The van der Waals surface area contributed by atoms with E-state index in [0.29, 0.717) is 5.82 Å². The molecule has 0 radical (unpaired) electrons. The summed E-state index contributed by atoms with van der Waals surface area (Å²) in [7, 11) is 0. The minimum atomic E-state index is 0.695. The molecular weight excluding hydrogens is 803 g/mol. The number of nitrogens with zero attached hydrogens (tertiary/aromatic N) is 3. The van der Waals surface area contributed by atoms with Crippen LogP contribution in [-0.4, -0.2) is 14.5 Å². The normalized spacial score (nSPS) is 11.8. The number of rotatable bonds is 6. The molecule has 63 heavy (non-hydrogen) atoms. The van der Waals surface area contributed by atoms with Crippen molar-refractivity contribution in [1.82, 2.24) is 14.5 Å². The molecule has 3 nitrogen and oxygen atoms in total. The lowest BCUT2D eigenvalue weighted by molar-refractivity contribution is 1.17. The van der Waals surface area contributed by atoms with E-state index in [1.54, 1.807) is 0 Å². The first-order valence-electron chi connectivity index (χ1n) is 21.2. The van der Waals surface area contributed by atoms with E-state index in [4.69, 9.17) is 9.97 Å². The van der Waals surface area contributed by atoms with Crippen LogP contribution < -0.4 is 0 Å². The van der Waals surface area contributed by atoms with Crippen LogP contribution in [0.2, 0.25) is 0 Å². The molecule has 0 unspecified atom stereocenters. The second kappa shape index (κ2) is 14.5. The lowest BCUT2D eigenvalue weighted by atomic mass is 9.91. The van der Waals surface area contributed by atoms with E-state index in [1.165, 1.54) is 62.2 Å². The highest BCUT2D eigenvalue weighted by Gasteiger charge is 2.25. The first kappa shape index (κ1) is 36.0. The smallest absolute Gasteiger partial charge is 0.160 e. The summed E-state index contributed by atoms with van der Waals surface area (Å²) in [5.74, 6) is 0.695. The zero-order chi connectivity index (χ0) is 41.4. The van der Waals surface area contributed by atoms with Crippen molar-refractivity contribution in [3.05, 3.63) is 212 Å². The van der Waals surface area contributed by atoms with Gasteiger partial charge in [0.15, 0.2) is 5.82 Å². The van der Waals surface area contributed by atoms with Crippen LogP contribution in [0, 0.1) is 0 Å². The van der Waals surface area contributed by atoms with Gasteiger partial charge in [-0.25, -0.2) is 9.97 Å². The maximum Gasteiger partial charge on any atom is 0.160 e. The second-order valence-electron chi connectivity index (χ2n) is 16.1. The van der Waals surface area contributed by atoms with Gasteiger partial charge in [-0.1, -0.05) is 170 Å². The van der Waals surface area contributed by atoms with E-state index >= 15 is 0 Å². The van der Waals surface area contributed by atoms with Crippen LogP contribution in [0.25, 0.3) is 124 Å². The van der Waals surface area contributed by atoms with Crippen LogP contribution in [0.3, 0.4) is 0 Å². The zero-order valence-corrected chi connectivity index (χ0v) is 35.5. The molecule has 0 aliphatic rings. The molecule has 13 rings (SSSR count). The van der Waals surface area contributed by atoms with E-state index in [1.807, 2.05) is 46.9 Å². The molecule has 0 aliphatic heterocycles. The van der Waals surface area contributed by atoms with Crippen molar-refractivity contribution in [1.29, 1.82) is 0 Å². The van der Waals surface area contributed by atoms with Crippen molar-refractivity contribution in [2.24, 2.45) is 0 Å². The number of aromatic nitrogens is 3. The van der Waals surface area contributed by atoms with Crippen LogP contribution in [0.4, 0.5) is 0 Å². The van der Waals surface area contributed by atoms with Gasteiger partial charge in [0.05, 0.1) is 28.1 Å². The van der Waals surface area contributed by atoms with Gasteiger partial charge in [-0.3, -0.25) is 0 Å². The summed E-state index contributed by atoms with van der Waals surface area (Å²) in [5.41, 5.74) is 12.8. The van der Waals surface area contributed by atoms with Gasteiger partial charge >= 0.3 is 0 Å². The maximum absolute atomic E-state index is 5.34. The molecule has 0 saturated carbocycles. The summed E-state index contributed by atoms with van der Waals surface area (Å²) in [6.45, 7) is 0. The third-order valence-electron chi connectivity index (χ3n) is 12.4. The Balaban J connectivity index is 1.14. The van der Waals surface area contributed by atoms with Crippen LogP contribution in [-0.2, 0) is 0 Å². The third kappa shape index (κ3) is 5.78. The van der Waals surface area contributed by atoms with Crippen molar-refractivity contribution in [3.8, 4) is 61.8 Å². The number of hydrogen-bond acceptors (Lipinski definition) is 4. The van der Waals surface area contributed by atoms with E-state index in [0.717, 1.165) is 56.0 Å². The second-order valence-corrected chi connectivity index (χ2v) is 18.2. The van der Waals surface area contributed by atoms with E-state index < -0.39 is 0 Å². The Bertz CT molecular complexity index is 3770. The minimum absolute atomic E-state index is 0.695. The fraction of sp³-hybridized carbons (Fsp3) is 0. The minimum Gasteiger partial charge on any atom is -0.308 e. The van der Waals surface area contributed by atoms with Crippen LogP contribution in [0.15, 0.2) is 212 Å². The van der Waals surface area contributed by atoms with E-state index in [-0.39, 0.29) is 0 Å². The van der Waals surface area contributed by atoms with Crippen molar-refractivity contribution in [2.45, 2.75) is 0 Å². The Hall–Kier alpha value is -7.70. The summed E-state index contributed by atoms with van der Waals surface area (Å²) >= 11 is 3.83. The zero-order valence-electron chi connectivity index (χ0n) is 33.9. The Kier molecular flexibility index (Phi) is 8.26. The topological polar surface area (TPSA) is 30.7 Å². The molecule has 0 spiro atoms. The molecule has 0 N–H and O–H groups in total. The predicted molar refractivity (Wildman–Crippen MR) is 269 cm³/mol. The SMILES string of the molecule is c1ccc(-c2cc(-c3cc(-c4ccccc4)c(-n4c5ccccc5c5c6sc7c(ccc8sc9ccccc9c87)c6ccc54)c(-c4ccccc4)c3)nc(-c3ccccc3)n2)cc1. The molecule has 0 aliphatic carbocycles. The average Bonchev–Trinajstić information content (AvgIpc) is 4.04. The number of para-hydroxylation sites is 1. The van der Waals surface area contributed by atoms with Crippen LogP contribution in [0.5, 0.6) is 0 Å². The lowest BCUT2D eigenvalue weighted by Crippen LogP contribution is -2.02. The van der Waals surface area contributed by atoms with Gasteiger partial charge in [0.25, 0.3) is 0 Å². The quantitative estimate of drug-likeness (QED) is 0.167. The summed E-state index contributed by atoms with van der Waals surface area (Å²) < 4.78 is 7.88. The van der Waals surface area contributed by atoms with Crippen molar-refractivity contribution >= 4 is 84.8 Å². The molecule has 0 saturated heterocycles. The monoisotopic (exact) mass is 837 g/mol. The number of thiophene rings is 2. The van der Waals surface area contributed by atoms with E-state index in [9.17, 15) is 0 Å². The Labute approximate surface area is 371 Å². The fourth-order valence-corrected chi connectivity index (χ4v) is 12.2. The van der Waals surface area contributed by atoms with Gasteiger partial charge < -0.3 is 4.57 Å². The Morgan fingerprint density at radius 3 is 1.52 bits per heavy atom. The molecule has 9 aromatic carbocycles. The largest absolute Gasteiger partial charge is 0.308 e. The summed E-state index contributed by atoms with van der Waals surface area (Å²) in [5, 5.41) is 7.86. The standard InChI is InChI=1S/C58H35N3S2/c1-5-17-36(18-6-1)45-33-40(48-35-47(38-21-9-3-10-22-38)59-58(60-48)39-23-11-4-12-24-39)34-46(37-19-7-2-8-20-37)55(45)61-49-27-15-13-25-43(49)53-50(61)31-29-41-42-30-32-52-54(57(42)63-56(41)53)44-26-14-16-28-51(44)62-52/h1-35H. The van der Waals surface area contributed by atoms with Gasteiger partial charge in [-0.2, -0.15) is 0 Å². The third-order valence-corrected chi connectivity index (χ3v) is 14.8. The van der Waals surface area contributed by atoms with Crippen molar-refractivity contribution in [2.75, 3.05) is 0 Å². The molecule has 0 fully saturated rings.